The molecule has 0 unspecified atom stereocenters. The molecular weight excluding hydrogens is 338 g/mol. The summed E-state index contributed by atoms with van der Waals surface area (Å²) >= 11 is 0. The average Bonchev–Trinajstić information content (AvgIpc) is 3.51. The van der Waals surface area contributed by atoms with Gasteiger partial charge < -0.3 is 15.1 Å². The van der Waals surface area contributed by atoms with Crippen LogP contribution in [0.25, 0.3) is 0 Å². The topological polar surface area (TPSA) is 52.7 Å². The number of hydrogen-bond donors (Lipinski definition) is 1. The molecule has 0 bridgehead atoms. The Bertz CT molecular complexity index is 631. The monoisotopic (exact) mass is 371 g/mol. The smallest absolute Gasteiger partial charge is 0.317 e. The first-order valence-corrected chi connectivity index (χ1v) is 10.4. The molecule has 1 heterocycles. The molecule has 1 aliphatic carbocycles. The molecule has 1 N–H and O–H groups in total. The van der Waals surface area contributed by atoms with Crippen LogP contribution in [0.3, 0.4) is 0 Å². The predicted molar refractivity (Wildman–Crippen MR) is 107 cm³/mol. The lowest BCUT2D eigenvalue weighted by Gasteiger charge is -2.31. The number of carbonyl (C=O) groups excluding carboxylic acids is 2. The fourth-order valence-corrected chi connectivity index (χ4v) is 3.85. The van der Waals surface area contributed by atoms with Crippen LogP contribution in [-0.4, -0.2) is 47.4 Å². The molecule has 0 aromatic heterocycles. The van der Waals surface area contributed by atoms with Crippen molar-refractivity contribution < 1.29 is 9.59 Å². The van der Waals surface area contributed by atoms with Gasteiger partial charge in [-0.3, -0.25) is 4.79 Å². The third-order valence-corrected chi connectivity index (χ3v) is 5.73. The maximum Gasteiger partial charge on any atom is 0.317 e. The van der Waals surface area contributed by atoms with Gasteiger partial charge >= 0.3 is 6.03 Å². The van der Waals surface area contributed by atoms with Crippen molar-refractivity contribution in [2.45, 2.75) is 65.0 Å². The van der Waals surface area contributed by atoms with E-state index in [0.717, 1.165) is 58.2 Å². The van der Waals surface area contributed by atoms with Crippen LogP contribution < -0.4 is 5.32 Å². The van der Waals surface area contributed by atoms with E-state index in [1.54, 1.807) is 6.92 Å². The van der Waals surface area contributed by atoms with Crippen molar-refractivity contribution >= 4 is 11.9 Å². The lowest BCUT2D eigenvalue weighted by atomic mass is 9.90. The number of benzene rings is 1. The second-order valence-corrected chi connectivity index (χ2v) is 8.06. The van der Waals surface area contributed by atoms with Gasteiger partial charge in [0.1, 0.15) is 0 Å². The first-order valence-electron chi connectivity index (χ1n) is 10.4. The third-order valence-electron chi connectivity index (χ3n) is 5.73. The van der Waals surface area contributed by atoms with E-state index in [1.807, 2.05) is 9.80 Å². The molecule has 2 aliphatic rings. The molecule has 148 valence electrons. The highest BCUT2D eigenvalue weighted by molar-refractivity contribution is 5.75. The Morgan fingerprint density at radius 3 is 2.26 bits per heavy atom. The van der Waals surface area contributed by atoms with Gasteiger partial charge in [0.25, 0.3) is 0 Å². The summed E-state index contributed by atoms with van der Waals surface area (Å²) < 4.78 is 0. The normalized spacial score (nSPS) is 17.6. The van der Waals surface area contributed by atoms with Gasteiger partial charge in [-0.15, -0.1) is 0 Å². The summed E-state index contributed by atoms with van der Waals surface area (Å²) in [5.74, 6) is 0.857. The summed E-state index contributed by atoms with van der Waals surface area (Å²) in [6.07, 6.45) is 6.47. The van der Waals surface area contributed by atoms with Crippen LogP contribution in [0.5, 0.6) is 0 Å². The Hall–Kier alpha value is -2.04. The van der Waals surface area contributed by atoms with Gasteiger partial charge in [0.05, 0.1) is 0 Å². The number of likely N-dealkylation sites (tertiary alicyclic amines) is 1. The van der Waals surface area contributed by atoms with Crippen LogP contribution in [0.2, 0.25) is 0 Å². The van der Waals surface area contributed by atoms with Gasteiger partial charge in [0.15, 0.2) is 0 Å². The Labute approximate surface area is 163 Å². The Morgan fingerprint density at radius 1 is 1.07 bits per heavy atom. The predicted octanol–water partition coefficient (Wildman–Crippen LogP) is 3.57. The van der Waals surface area contributed by atoms with E-state index in [1.165, 1.54) is 11.1 Å². The molecule has 3 rings (SSSR count). The Balaban J connectivity index is 1.51. The second-order valence-electron chi connectivity index (χ2n) is 8.06. The first-order chi connectivity index (χ1) is 13.1. The van der Waals surface area contributed by atoms with E-state index < -0.39 is 0 Å². The van der Waals surface area contributed by atoms with Crippen LogP contribution in [0, 0.1) is 5.92 Å². The molecule has 1 aromatic carbocycles. The van der Waals surface area contributed by atoms with Crippen molar-refractivity contribution in [2.75, 3.05) is 19.6 Å². The fourth-order valence-electron chi connectivity index (χ4n) is 3.85. The summed E-state index contributed by atoms with van der Waals surface area (Å²) in [5.41, 5.74) is 2.55. The molecule has 0 radical (unpaired) electrons. The van der Waals surface area contributed by atoms with Crippen molar-refractivity contribution in [3.8, 4) is 0 Å². The number of amides is 3. The van der Waals surface area contributed by atoms with Crippen LogP contribution >= 0.6 is 0 Å². The van der Waals surface area contributed by atoms with Crippen molar-refractivity contribution in [1.29, 1.82) is 0 Å². The maximum absolute atomic E-state index is 12.4. The Morgan fingerprint density at radius 2 is 1.70 bits per heavy atom. The highest BCUT2D eigenvalue weighted by Gasteiger charge is 2.32. The van der Waals surface area contributed by atoms with E-state index in [-0.39, 0.29) is 11.9 Å². The molecule has 1 saturated carbocycles. The number of nitrogens with one attached hydrogen (secondary N) is 1. The molecule has 27 heavy (non-hydrogen) atoms. The first kappa shape index (κ1) is 19.7. The summed E-state index contributed by atoms with van der Waals surface area (Å²) in [6.45, 7) is 6.94. The van der Waals surface area contributed by atoms with Crippen LogP contribution in [-0.2, 0) is 17.8 Å². The van der Waals surface area contributed by atoms with Crippen LogP contribution in [0.15, 0.2) is 24.3 Å². The minimum Gasteiger partial charge on any atom is -0.343 e. The summed E-state index contributed by atoms with van der Waals surface area (Å²) in [4.78, 5) is 27.8. The lowest BCUT2D eigenvalue weighted by Crippen LogP contribution is -2.41. The van der Waals surface area contributed by atoms with Crippen LogP contribution in [0.4, 0.5) is 4.79 Å². The van der Waals surface area contributed by atoms with E-state index in [9.17, 15) is 9.59 Å². The number of hydrogen-bond acceptors (Lipinski definition) is 2. The van der Waals surface area contributed by atoms with Gasteiger partial charge in [-0.1, -0.05) is 31.2 Å². The van der Waals surface area contributed by atoms with Gasteiger partial charge in [-0.25, -0.2) is 4.79 Å². The number of nitrogens with zero attached hydrogens (tertiary/aromatic N) is 2. The zero-order chi connectivity index (χ0) is 19.2. The lowest BCUT2D eigenvalue weighted by molar-refractivity contribution is -0.130. The van der Waals surface area contributed by atoms with E-state index in [0.29, 0.717) is 18.5 Å². The molecular formula is C22H33N3O2. The average molecular weight is 372 g/mol. The minimum atomic E-state index is 0.0701. The number of carbonyl (C=O) groups is 2. The highest BCUT2D eigenvalue weighted by atomic mass is 16.2. The largest absolute Gasteiger partial charge is 0.343 e. The molecule has 5 nitrogen and oxygen atoms in total. The molecule has 0 atom stereocenters. The zero-order valence-electron chi connectivity index (χ0n) is 16.7. The number of piperidine rings is 1. The molecule has 1 saturated heterocycles. The van der Waals surface area contributed by atoms with Gasteiger partial charge in [-0.2, -0.15) is 0 Å². The quantitative estimate of drug-likeness (QED) is 0.797. The van der Waals surface area contributed by atoms with Crippen molar-refractivity contribution in [2.24, 2.45) is 5.92 Å². The van der Waals surface area contributed by atoms with Crippen LogP contribution in [0.1, 0.15) is 57.1 Å². The third kappa shape index (κ3) is 5.72. The zero-order valence-corrected chi connectivity index (χ0v) is 16.7. The van der Waals surface area contributed by atoms with E-state index in [2.05, 4.69) is 36.5 Å². The summed E-state index contributed by atoms with van der Waals surface area (Å²) in [5, 5.41) is 3.01. The Kier molecular flexibility index (Phi) is 6.75. The van der Waals surface area contributed by atoms with Gasteiger partial charge in [0, 0.05) is 39.1 Å². The van der Waals surface area contributed by atoms with Crippen molar-refractivity contribution in [3.05, 3.63) is 35.4 Å². The standard InChI is InChI=1S/C22H33N3O2/c1-3-12-23-22(27)25(21-8-9-21)16-20-6-4-18(5-7-20)15-19-10-13-24(14-11-19)17(2)26/h4-7,19,21H,3,8-16H2,1-2H3,(H,23,27). The molecule has 1 aromatic rings. The molecule has 2 fully saturated rings. The fraction of sp³-hybridized carbons (Fsp3) is 0.636. The molecule has 1 aliphatic heterocycles. The number of urea groups is 1. The molecule has 3 amide bonds. The maximum atomic E-state index is 12.4. The highest BCUT2D eigenvalue weighted by Crippen LogP contribution is 2.29. The van der Waals surface area contributed by atoms with Gasteiger partial charge in [-0.05, 0) is 55.6 Å². The molecule has 0 spiro atoms. The minimum absolute atomic E-state index is 0.0701. The molecule has 5 heteroatoms. The second kappa shape index (κ2) is 9.25. The summed E-state index contributed by atoms with van der Waals surface area (Å²) in [7, 11) is 0. The van der Waals surface area contributed by atoms with Crippen molar-refractivity contribution in [1.82, 2.24) is 15.1 Å². The van der Waals surface area contributed by atoms with Gasteiger partial charge in [0.2, 0.25) is 5.91 Å². The number of rotatable bonds is 7. The van der Waals surface area contributed by atoms with E-state index >= 15 is 0 Å². The summed E-state index contributed by atoms with van der Waals surface area (Å²) in [6, 6.07) is 9.24. The SMILES string of the molecule is CCCNC(=O)N(Cc1ccc(CC2CCN(C(C)=O)CC2)cc1)C1CC1. The van der Waals surface area contributed by atoms with E-state index in [4.69, 9.17) is 0 Å². The van der Waals surface area contributed by atoms with Crippen molar-refractivity contribution in [3.63, 3.8) is 0 Å².